The fraction of sp³-hybridized carbons (Fsp3) is 0.100. The number of nitro benzene ring substituents is 1. The Bertz CT molecular complexity index is 1070. The van der Waals surface area contributed by atoms with Crippen LogP contribution in [0.2, 0.25) is 5.02 Å². The molecule has 1 N–H and O–H groups in total. The normalized spacial score (nSPS) is 10.5. The summed E-state index contributed by atoms with van der Waals surface area (Å²) in [6.45, 7) is 4.21. The lowest BCUT2D eigenvalue weighted by molar-refractivity contribution is -0.384. The largest absolute Gasteiger partial charge is 0.325 e. The van der Waals surface area contributed by atoms with Crippen LogP contribution in [0.15, 0.2) is 72.5 Å². The maximum Gasteiger partial charge on any atom is 0.270 e. The lowest BCUT2D eigenvalue weighted by Gasteiger charge is -2.10. The molecule has 0 spiro atoms. The zero-order valence-corrected chi connectivity index (χ0v) is 16.8. The van der Waals surface area contributed by atoms with Crippen molar-refractivity contribution in [3.63, 3.8) is 0 Å². The quantitative estimate of drug-likeness (QED) is 0.235. The van der Waals surface area contributed by atoms with Crippen molar-refractivity contribution in [3.8, 4) is 11.3 Å². The molecule has 7 nitrogen and oxygen atoms in total. The second-order valence-corrected chi connectivity index (χ2v) is 7.36. The number of nitrogens with one attached hydrogen (secondary N) is 1. The summed E-state index contributed by atoms with van der Waals surface area (Å²) in [5.41, 5.74) is 2.01. The van der Waals surface area contributed by atoms with Crippen LogP contribution in [-0.2, 0) is 11.3 Å². The van der Waals surface area contributed by atoms with Crippen LogP contribution in [0.1, 0.15) is 0 Å². The average molecular weight is 429 g/mol. The highest BCUT2D eigenvalue weighted by molar-refractivity contribution is 7.99. The summed E-state index contributed by atoms with van der Waals surface area (Å²) in [5, 5.41) is 15.0. The fourth-order valence-corrected chi connectivity index (χ4v) is 3.66. The molecule has 2 aromatic carbocycles. The van der Waals surface area contributed by atoms with Crippen molar-refractivity contribution < 1.29 is 9.72 Å². The van der Waals surface area contributed by atoms with Crippen molar-refractivity contribution in [1.29, 1.82) is 0 Å². The van der Waals surface area contributed by atoms with Gasteiger partial charge in [-0.25, -0.2) is 4.98 Å². The van der Waals surface area contributed by atoms with Crippen LogP contribution in [0.25, 0.3) is 11.3 Å². The molecular formula is C20H17ClN4O3S. The van der Waals surface area contributed by atoms with E-state index < -0.39 is 4.92 Å². The van der Waals surface area contributed by atoms with E-state index >= 15 is 0 Å². The monoisotopic (exact) mass is 428 g/mol. The van der Waals surface area contributed by atoms with Crippen LogP contribution in [0.3, 0.4) is 0 Å². The maximum atomic E-state index is 12.3. The van der Waals surface area contributed by atoms with Gasteiger partial charge in [0.2, 0.25) is 5.91 Å². The second kappa shape index (κ2) is 9.40. The van der Waals surface area contributed by atoms with Gasteiger partial charge < -0.3 is 9.88 Å². The van der Waals surface area contributed by atoms with Crippen LogP contribution in [0, 0.1) is 10.1 Å². The highest BCUT2D eigenvalue weighted by Crippen LogP contribution is 2.28. The average Bonchev–Trinajstić information content (AvgIpc) is 3.09. The van der Waals surface area contributed by atoms with Gasteiger partial charge in [0.05, 0.1) is 22.6 Å². The molecule has 0 unspecified atom stereocenters. The van der Waals surface area contributed by atoms with Crippen molar-refractivity contribution in [2.24, 2.45) is 0 Å². The fourth-order valence-electron chi connectivity index (χ4n) is 2.68. The third kappa shape index (κ3) is 5.24. The summed E-state index contributed by atoms with van der Waals surface area (Å²) in [4.78, 5) is 27.3. The number of non-ortho nitro benzene ring substituents is 1. The lowest BCUT2D eigenvalue weighted by atomic mass is 10.1. The molecule has 0 aliphatic rings. The molecule has 0 radical (unpaired) electrons. The van der Waals surface area contributed by atoms with Gasteiger partial charge in [-0.3, -0.25) is 14.9 Å². The minimum atomic E-state index is -0.437. The van der Waals surface area contributed by atoms with E-state index in [1.807, 2.05) is 4.57 Å². The van der Waals surface area contributed by atoms with E-state index in [4.69, 9.17) is 11.6 Å². The summed E-state index contributed by atoms with van der Waals surface area (Å²) >= 11 is 7.20. The van der Waals surface area contributed by atoms with E-state index in [9.17, 15) is 14.9 Å². The van der Waals surface area contributed by atoms with Crippen LogP contribution >= 0.6 is 23.4 Å². The van der Waals surface area contributed by atoms with Crippen molar-refractivity contribution in [1.82, 2.24) is 9.55 Å². The predicted octanol–water partition coefficient (Wildman–Crippen LogP) is 5.03. The Morgan fingerprint density at radius 1 is 1.31 bits per heavy atom. The summed E-state index contributed by atoms with van der Waals surface area (Å²) in [6.07, 6.45) is 3.35. The third-order valence-electron chi connectivity index (χ3n) is 3.92. The number of hydrogen-bond acceptors (Lipinski definition) is 5. The van der Waals surface area contributed by atoms with Crippen LogP contribution in [0.4, 0.5) is 11.4 Å². The van der Waals surface area contributed by atoms with E-state index in [2.05, 4.69) is 16.9 Å². The number of allylic oxidation sites excluding steroid dienone is 1. The van der Waals surface area contributed by atoms with Crippen molar-refractivity contribution in [3.05, 3.63) is 82.5 Å². The number of amides is 1. The Hall–Kier alpha value is -3.10. The predicted molar refractivity (Wildman–Crippen MR) is 115 cm³/mol. The molecule has 0 saturated heterocycles. The van der Waals surface area contributed by atoms with Crippen molar-refractivity contribution in [2.75, 3.05) is 11.1 Å². The zero-order chi connectivity index (χ0) is 20.8. The third-order valence-corrected chi connectivity index (χ3v) is 5.15. The van der Waals surface area contributed by atoms with Gasteiger partial charge in [0, 0.05) is 35.0 Å². The van der Waals surface area contributed by atoms with Gasteiger partial charge in [-0.1, -0.05) is 47.6 Å². The molecular weight excluding hydrogens is 412 g/mol. The number of halogens is 1. The number of hydrogen-bond donors (Lipinski definition) is 1. The minimum absolute atomic E-state index is 0.00366. The lowest BCUT2D eigenvalue weighted by Crippen LogP contribution is -2.14. The van der Waals surface area contributed by atoms with Gasteiger partial charge in [0.25, 0.3) is 5.69 Å². The van der Waals surface area contributed by atoms with Crippen LogP contribution < -0.4 is 5.32 Å². The Balaban J connectivity index is 1.76. The molecule has 0 atom stereocenters. The van der Waals surface area contributed by atoms with Crippen molar-refractivity contribution >= 4 is 40.6 Å². The number of nitrogens with zero attached hydrogens (tertiary/aromatic N) is 3. The maximum absolute atomic E-state index is 12.3. The number of aromatic nitrogens is 2. The molecule has 0 bridgehead atoms. The zero-order valence-electron chi connectivity index (χ0n) is 15.2. The van der Waals surface area contributed by atoms with E-state index in [0.29, 0.717) is 33.7 Å². The van der Waals surface area contributed by atoms with E-state index in [0.717, 1.165) is 0 Å². The number of imidazole rings is 1. The summed E-state index contributed by atoms with van der Waals surface area (Å²) in [6, 6.07) is 13.3. The molecule has 0 aliphatic heterocycles. The summed E-state index contributed by atoms with van der Waals surface area (Å²) in [7, 11) is 0. The molecule has 9 heteroatoms. The Labute approximate surface area is 176 Å². The number of rotatable bonds is 8. The van der Waals surface area contributed by atoms with Gasteiger partial charge in [-0.2, -0.15) is 0 Å². The molecule has 0 saturated carbocycles. The number of anilines is 1. The summed E-state index contributed by atoms with van der Waals surface area (Å²) in [5.74, 6) is -0.0444. The molecule has 1 aromatic heterocycles. The van der Waals surface area contributed by atoms with Crippen LogP contribution in [-0.4, -0.2) is 26.1 Å². The van der Waals surface area contributed by atoms with Gasteiger partial charge in [-0.05, 0) is 18.2 Å². The number of benzene rings is 2. The molecule has 1 heterocycles. The topological polar surface area (TPSA) is 90.1 Å². The van der Waals surface area contributed by atoms with E-state index in [1.54, 1.807) is 48.7 Å². The second-order valence-electron chi connectivity index (χ2n) is 5.98. The van der Waals surface area contributed by atoms with E-state index in [1.165, 1.54) is 23.9 Å². The number of nitro groups is 1. The van der Waals surface area contributed by atoms with Crippen LogP contribution in [0.5, 0.6) is 0 Å². The van der Waals surface area contributed by atoms with Gasteiger partial charge >= 0.3 is 0 Å². The minimum Gasteiger partial charge on any atom is -0.325 e. The first kappa shape index (κ1) is 20.6. The first-order valence-electron chi connectivity index (χ1n) is 8.57. The first-order valence-corrected chi connectivity index (χ1v) is 9.93. The molecule has 29 heavy (non-hydrogen) atoms. The molecule has 148 valence electrons. The SMILES string of the molecule is C=CCn1c(-c2cccc([N+](=O)[O-])c2)cnc1SCC(=O)Nc1cccc(Cl)c1. The Morgan fingerprint density at radius 2 is 2.10 bits per heavy atom. The molecule has 0 fully saturated rings. The van der Waals surface area contributed by atoms with Gasteiger partial charge in [0.15, 0.2) is 5.16 Å². The number of carbonyl (C=O) groups excluding carboxylic acids is 1. The highest BCUT2D eigenvalue weighted by Gasteiger charge is 2.15. The van der Waals surface area contributed by atoms with Crippen molar-refractivity contribution in [2.45, 2.75) is 11.7 Å². The molecule has 1 amide bonds. The molecule has 3 rings (SSSR count). The number of thioether (sulfide) groups is 1. The molecule has 0 aliphatic carbocycles. The Morgan fingerprint density at radius 3 is 2.83 bits per heavy atom. The molecule has 3 aromatic rings. The smallest absolute Gasteiger partial charge is 0.270 e. The van der Waals surface area contributed by atoms with Gasteiger partial charge in [0.1, 0.15) is 0 Å². The highest BCUT2D eigenvalue weighted by atomic mass is 35.5. The van der Waals surface area contributed by atoms with Gasteiger partial charge in [-0.15, -0.1) is 6.58 Å². The summed E-state index contributed by atoms with van der Waals surface area (Å²) < 4.78 is 1.86. The first-order chi connectivity index (χ1) is 14.0. The standard InChI is InChI=1S/C20H17ClN4O3S/c1-2-9-24-18(14-5-3-8-17(10-14)25(27)28)12-22-20(24)29-13-19(26)23-16-7-4-6-15(21)11-16/h2-8,10-12H,1,9,13H2,(H,23,26). The van der Waals surface area contributed by atoms with E-state index in [-0.39, 0.29) is 17.3 Å². The number of carbonyl (C=O) groups is 1. The Kier molecular flexibility index (Phi) is 6.69.